The average Bonchev–Trinajstić information content (AvgIpc) is 3.62. The maximum Gasteiger partial charge on any atom is 0.155 e. The second-order valence-corrected chi connectivity index (χ2v) is 9.62. The first-order valence-electron chi connectivity index (χ1n) is 12.3. The van der Waals surface area contributed by atoms with Gasteiger partial charge in [-0.2, -0.15) is 0 Å². The molecule has 6 nitrogen and oxygen atoms in total. The van der Waals surface area contributed by atoms with Gasteiger partial charge in [0, 0.05) is 55.2 Å². The molecule has 2 fully saturated rings. The number of likely N-dealkylation sites (tertiary alicyclic amines) is 1. The van der Waals surface area contributed by atoms with Gasteiger partial charge in [-0.25, -0.2) is 13.9 Å². The normalized spacial score (nSPS) is 19.4. The van der Waals surface area contributed by atoms with Crippen molar-refractivity contribution in [2.45, 2.75) is 25.0 Å². The van der Waals surface area contributed by atoms with E-state index in [1.807, 2.05) is 22.7 Å². The minimum Gasteiger partial charge on any atom is -0.349 e. The van der Waals surface area contributed by atoms with Crippen molar-refractivity contribution in [3.8, 4) is 22.5 Å². The SMILES string of the molecule is Fc1ccc(-c2nc3ccc(N4C[C@H]5C[C@H]4CN5Cc4ccccc4)nn3c2-c2ccncc2)cc1. The highest BCUT2D eigenvalue weighted by Crippen LogP contribution is 2.36. The van der Waals surface area contributed by atoms with Crippen molar-refractivity contribution in [1.29, 1.82) is 0 Å². The zero-order valence-electron chi connectivity index (χ0n) is 19.7. The zero-order valence-corrected chi connectivity index (χ0v) is 19.7. The first-order chi connectivity index (χ1) is 17.7. The van der Waals surface area contributed by atoms with Crippen LogP contribution in [0.3, 0.4) is 0 Å². The fourth-order valence-electron chi connectivity index (χ4n) is 5.70. The second kappa shape index (κ2) is 8.53. The largest absolute Gasteiger partial charge is 0.349 e. The lowest BCUT2D eigenvalue weighted by Crippen LogP contribution is -2.46. The molecule has 0 aliphatic carbocycles. The monoisotopic (exact) mass is 476 g/mol. The highest BCUT2D eigenvalue weighted by molar-refractivity contribution is 5.81. The maximum atomic E-state index is 13.6. The van der Waals surface area contributed by atoms with Crippen LogP contribution < -0.4 is 4.90 Å². The van der Waals surface area contributed by atoms with Crippen LogP contribution in [0.1, 0.15) is 12.0 Å². The van der Waals surface area contributed by atoms with Gasteiger partial charge in [0.15, 0.2) is 5.65 Å². The summed E-state index contributed by atoms with van der Waals surface area (Å²) in [5, 5.41) is 5.09. The predicted molar refractivity (Wildman–Crippen MR) is 138 cm³/mol. The quantitative estimate of drug-likeness (QED) is 0.355. The number of halogens is 1. The Balaban J connectivity index is 1.24. The molecule has 178 valence electrons. The van der Waals surface area contributed by atoms with E-state index >= 15 is 0 Å². The van der Waals surface area contributed by atoms with Crippen molar-refractivity contribution < 1.29 is 4.39 Å². The highest BCUT2D eigenvalue weighted by atomic mass is 19.1. The van der Waals surface area contributed by atoms with Crippen LogP contribution in [0, 0.1) is 5.82 Å². The van der Waals surface area contributed by atoms with E-state index in [4.69, 9.17) is 10.1 Å². The number of fused-ring (bicyclic) bond motifs is 3. The van der Waals surface area contributed by atoms with E-state index in [2.05, 4.69) is 51.2 Å². The van der Waals surface area contributed by atoms with Crippen molar-refractivity contribution in [3.63, 3.8) is 0 Å². The van der Waals surface area contributed by atoms with Crippen LogP contribution in [0.15, 0.2) is 91.3 Å². The van der Waals surface area contributed by atoms with Gasteiger partial charge in [-0.3, -0.25) is 9.88 Å². The van der Waals surface area contributed by atoms with Gasteiger partial charge in [0.25, 0.3) is 0 Å². The van der Waals surface area contributed by atoms with E-state index in [9.17, 15) is 4.39 Å². The number of rotatable bonds is 5. The van der Waals surface area contributed by atoms with Crippen molar-refractivity contribution >= 4 is 11.5 Å². The third-order valence-corrected chi connectivity index (χ3v) is 7.41. The molecule has 0 amide bonds. The van der Waals surface area contributed by atoms with Crippen molar-refractivity contribution in [2.75, 3.05) is 18.0 Å². The van der Waals surface area contributed by atoms with Crippen LogP contribution in [0.2, 0.25) is 0 Å². The molecule has 2 bridgehead atoms. The van der Waals surface area contributed by atoms with E-state index in [1.165, 1.54) is 17.7 Å². The Morgan fingerprint density at radius 2 is 1.61 bits per heavy atom. The molecule has 0 unspecified atom stereocenters. The number of aromatic nitrogens is 4. The molecule has 0 saturated carbocycles. The first-order valence-corrected chi connectivity index (χ1v) is 12.3. The lowest BCUT2D eigenvalue weighted by Gasteiger charge is -2.34. The Morgan fingerprint density at radius 3 is 2.36 bits per heavy atom. The van der Waals surface area contributed by atoms with E-state index in [0.29, 0.717) is 12.1 Å². The maximum absolute atomic E-state index is 13.6. The molecule has 7 rings (SSSR count). The molecule has 7 heteroatoms. The van der Waals surface area contributed by atoms with Crippen molar-refractivity contribution in [2.24, 2.45) is 0 Å². The Bertz CT molecular complexity index is 1520. The number of hydrogen-bond donors (Lipinski definition) is 0. The van der Waals surface area contributed by atoms with Gasteiger partial charge in [0.2, 0.25) is 0 Å². The molecular weight excluding hydrogens is 451 g/mol. The molecule has 0 N–H and O–H groups in total. The lowest BCUT2D eigenvalue weighted by atomic mass is 10.1. The number of hydrogen-bond acceptors (Lipinski definition) is 5. The van der Waals surface area contributed by atoms with E-state index in [-0.39, 0.29) is 5.82 Å². The van der Waals surface area contributed by atoms with Crippen LogP contribution >= 0.6 is 0 Å². The third-order valence-electron chi connectivity index (χ3n) is 7.41. The van der Waals surface area contributed by atoms with Crippen LogP contribution in [0.5, 0.6) is 0 Å². The third kappa shape index (κ3) is 3.63. The first kappa shape index (κ1) is 21.2. The Labute approximate surface area is 208 Å². The topological polar surface area (TPSA) is 49.6 Å². The molecule has 2 aromatic carbocycles. The summed E-state index contributed by atoms with van der Waals surface area (Å²) in [7, 11) is 0. The van der Waals surface area contributed by atoms with Gasteiger partial charge in [0.05, 0.1) is 5.69 Å². The minimum atomic E-state index is -0.265. The summed E-state index contributed by atoms with van der Waals surface area (Å²) in [6.07, 6.45) is 4.70. The highest BCUT2D eigenvalue weighted by Gasteiger charge is 2.43. The number of benzene rings is 2. The minimum absolute atomic E-state index is 0.265. The number of anilines is 1. The Hall–Kier alpha value is -4.10. The summed E-state index contributed by atoms with van der Waals surface area (Å²) >= 11 is 0. The molecule has 2 aliphatic heterocycles. The van der Waals surface area contributed by atoms with Crippen LogP contribution in [0.25, 0.3) is 28.2 Å². The Kier molecular flexibility index (Phi) is 5.03. The van der Waals surface area contributed by atoms with Gasteiger partial charge < -0.3 is 4.90 Å². The van der Waals surface area contributed by atoms with Gasteiger partial charge in [-0.15, -0.1) is 5.10 Å². The fourth-order valence-corrected chi connectivity index (χ4v) is 5.70. The zero-order chi connectivity index (χ0) is 24.1. The summed E-state index contributed by atoms with van der Waals surface area (Å²) in [6, 6.07) is 26.2. The summed E-state index contributed by atoms with van der Waals surface area (Å²) in [4.78, 5) is 14.1. The molecule has 5 aromatic rings. The standard InChI is InChI=1S/C29H25FN6/c30-23-8-6-21(7-9-23)28-29(22-12-14-31-15-13-22)36-26(32-28)10-11-27(33-36)35-19-24-16-25(35)18-34(24)17-20-4-2-1-3-5-20/h1-15,24-25H,16-19H2/t24-,25+/m1/s1. The van der Waals surface area contributed by atoms with Crippen molar-refractivity contribution in [3.05, 3.63) is 103 Å². The molecule has 3 aromatic heterocycles. The van der Waals surface area contributed by atoms with Crippen LogP contribution in [0.4, 0.5) is 10.2 Å². The van der Waals surface area contributed by atoms with Gasteiger partial charge in [-0.05, 0) is 60.5 Å². The van der Waals surface area contributed by atoms with E-state index < -0.39 is 0 Å². The van der Waals surface area contributed by atoms with Gasteiger partial charge in [0.1, 0.15) is 17.3 Å². The number of piperazine rings is 1. The second-order valence-electron chi connectivity index (χ2n) is 9.62. The summed E-state index contributed by atoms with van der Waals surface area (Å²) in [5.41, 5.74) is 5.62. The smallest absolute Gasteiger partial charge is 0.155 e. The molecule has 2 atom stereocenters. The fraction of sp³-hybridized carbons (Fsp3) is 0.207. The van der Waals surface area contributed by atoms with Crippen LogP contribution in [-0.4, -0.2) is 49.7 Å². The average molecular weight is 477 g/mol. The number of pyridine rings is 1. The number of nitrogens with zero attached hydrogens (tertiary/aromatic N) is 6. The molecule has 5 heterocycles. The molecule has 2 saturated heterocycles. The molecule has 0 spiro atoms. The summed E-state index contributed by atoms with van der Waals surface area (Å²) < 4.78 is 15.6. The summed E-state index contributed by atoms with van der Waals surface area (Å²) in [5.74, 6) is 0.700. The molecule has 2 aliphatic rings. The van der Waals surface area contributed by atoms with Gasteiger partial charge >= 0.3 is 0 Å². The Morgan fingerprint density at radius 1 is 0.806 bits per heavy atom. The number of imidazole rings is 1. The lowest BCUT2D eigenvalue weighted by molar-refractivity contribution is 0.230. The van der Waals surface area contributed by atoms with E-state index in [0.717, 1.165) is 60.0 Å². The predicted octanol–water partition coefficient (Wildman–Crippen LogP) is 5.06. The summed E-state index contributed by atoms with van der Waals surface area (Å²) in [6.45, 7) is 3.01. The molecule has 36 heavy (non-hydrogen) atoms. The van der Waals surface area contributed by atoms with Gasteiger partial charge in [-0.1, -0.05) is 30.3 Å². The molecular formula is C29H25FN6. The van der Waals surface area contributed by atoms with E-state index in [1.54, 1.807) is 24.5 Å². The van der Waals surface area contributed by atoms with Crippen molar-refractivity contribution in [1.82, 2.24) is 24.5 Å². The molecule has 0 radical (unpaired) electrons. The van der Waals surface area contributed by atoms with Crippen LogP contribution in [-0.2, 0) is 6.54 Å².